The summed E-state index contributed by atoms with van der Waals surface area (Å²) in [5.74, 6) is -0.363. The second kappa shape index (κ2) is 6.39. The van der Waals surface area contributed by atoms with Gasteiger partial charge in [-0.2, -0.15) is 0 Å². The molecule has 56 valence electrons. The molecule has 0 rings (SSSR count). The standard InChI is InChI=1S/C3H6Br2O3S.Na/c4-1-3(5)2-9(6,7)8;/h3H,1-2H2,(H,6,7,8);/q;+1/p-1. The van der Waals surface area contributed by atoms with Gasteiger partial charge in [-0.05, 0) is 0 Å². The van der Waals surface area contributed by atoms with E-state index in [2.05, 4.69) is 31.9 Å². The van der Waals surface area contributed by atoms with Crippen molar-refractivity contribution < 1.29 is 42.5 Å². The van der Waals surface area contributed by atoms with Gasteiger partial charge in [-0.15, -0.1) is 0 Å². The topological polar surface area (TPSA) is 57.2 Å². The van der Waals surface area contributed by atoms with Crippen LogP contribution in [-0.2, 0) is 10.1 Å². The van der Waals surface area contributed by atoms with Gasteiger partial charge in [0, 0.05) is 10.2 Å². The monoisotopic (exact) mass is 302 g/mol. The summed E-state index contributed by atoms with van der Waals surface area (Å²) in [7, 11) is -4.06. The van der Waals surface area contributed by atoms with Gasteiger partial charge < -0.3 is 4.55 Å². The minimum absolute atomic E-state index is 0. The third-order valence-electron chi connectivity index (χ3n) is 0.552. The maximum absolute atomic E-state index is 9.99. The van der Waals surface area contributed by atoms with E-state index in [-0.39, 0.29) is 40.1 Å². The van der Waals surface area contributed by atoms with E-state index in [1.807, 2.05) is 0 Å². The molecule has 0 bridgehead atoms. The van der Waals surface area contributed by atoms with Crippen molar-refractivity contribution in [2.24, 2.45) is 0 Å². The molecule has 0 aliphatic carbocycles. The van der Waals surface area contributed by atoms with Crippen molar-refractivity contribution in [1.82, 2.24) is 0 Å². The fourth-order valence-electron chi connectivity index (χ4n) is 0.266. The zero-order valence-corrected chi connectivity index (χ0v) is 11.4. The van der Waals surface area contributed by atoms with E-state index in [1.165, 1.54) is 0 Å². The number of hydrogen-bond donors (Lipinski definition) is 0. The van der Waals surface area contributed by atoms with Crippen LogP contribution in [0.1, 0.15) is 0 Å². The van der Waals surface area contributed by atoms with E-state index in [9.17, 15) is 13.0 Å². The normalized spacial score (nSPS) is 13.9. The fraction of sp³-hybridized carbons (Fsp3) is 1.00. The molecular formula is C3H5Br2NaO3S. The minimum Gasteiger partial charge on any atom is -0.748 e. The molecule has 1 unspecified atom stereocenters. The molecule has 1 atom stereocenters. The van der Waals surface area contributed by atoms with Crippen LogP contribution in [0.3, 0.4) is 0 Å². The summed E-state index contributed by atoms with van der Waals surface area (Å²) in [5, 5.41) is 0.467. The molecule has 0 aliphatic rings. The van der Waals surface area contributed by atoms with Crippen LogP contribution >= 0.6 is 31.9 Å². The summed E-state index contributed by atoms with van der Waals surface area (Å²) in [6, 6.07) is 0. The van der Waals surface area contributed by atoms with Gasteiger partial charge in [-0.25, -0.2) is 8.42 Å². The molecule has 0 fully saturated rings. The van der Waals surface area contributed by atoms with Crippen LogP contribution in [0.5, 0.6) is 0 Å². The molecule has 0 spiro atoms. The van der Waals surface area contributed by atoms with Crippen molar-refractivity contribution in [2.75, 3.05) is 11.1 Å². The van der Waals surface area contributed by atoms with E-state index >= 15 is 0 Å². The Labute approximate surface area is 99.2 Å². The van der Waals surface area contributed by atoms with E-state index in [0.29, 0.717) is 5.33 Å². The Hall–Kier alpha value is 1.87. The van der Waals surface area contributed by atoms with Gasteiger partial charge in [-0.3, -0.25) is 0 Å². The summed E-state index contributed by atoms with van der Waals surface area (Å²) in [6.07, 6.45) is 0. The first-order valence-corrected chi connectivity index (χ1v) is 5.71. The summed E-state index contributed by atoms with van der Waals surface area (Å²) in [5.41, 5.74) is 0. The third-order valence-corrected chi connectivity index (χ3v) is 4.09. The summed E-state index contributed by atoms with van der Waals surface area (Å²) < 4.78 is 30.0. The average molecular weight is 304 g/mol. The average Bonchev–Trinajstić information content (AvgIpc) is 1.62. The molecule has 3 nitrogen and oxygen atoms in total. The summed E-state index contributed by atoms with van der Waals surface area (Å²) in [6.45, 7) is 0. The smallest absolute Gasteiger partial charge is 0.748 e. The Morgan fingerprint density at radius 2 is 1.90 bits per heavy atom. The van der Waals surface area contributed by atoms with Crippen LogP contribution in [0.25, 0.3) is 0 Å². The first-order valence-electron chi connectivity index (χ1n) is 2.09. The molecule has 0 radical (unpaired) electrons. The van der Waals surface area contributed by atoms with Gasteiger partial charge in [-0.1, -0.05) is 31.9 Å². The first-order chi connectivity index (χ1) is 3.95. The second-order valence-corrected chi connectivity index (χ2v) is 4.87. The van der Waals surface area contributed by atoms with E-state index in [1.54, 1.807) is 0 Å². The van der Waals surface area contributed by atoms with E-state index < -0.39 is 10.1 Å². The number of halogens is 2. The van der Waals surface area contributed by atoms with Crippen LogP contribution in [-0.4, -0.2) is 28.9 Å². The van der Waals surface area contributed by atoms with Crippen molar-refractivity contribution in [3.05, 3.63) is 0 Å². The Kier molecular flexibility index (Phi) is 9.20. The van der Waals surface area contributed by atoms with Gasteiger partial charge in [0.2, 0.25) is 0 Å². The van der Waals surface area contributed by atoms with Crippen molar-refractivity contribution >= 4 is 42.0 Å². The van der Waals surface area contributed by atoms with Crippen molar-refractivity contribution in [2.45, 2.75) is 4.83 Å². The first kappa shape index (κ1) is 14.4. The van der Waals surface area contributed by atoms with Crippen LogP contribution in [0.2, 0.25) is 0 Å². The Bertz CT molecular complexity index is 169. The van der Waals surface area contributed by atoms with Gasteiger partial charge >= 0.3 is 29.6 Å². The van der Waals surface area contributed by atoms with E-state index in [4.69, 9.17) is 0 Å². The molecule has 0 N–H and O–H groups in total. The number of rotatable bonds is 3. The van der Waals surface area contributed by atoms with Gasteiger partial charge in [0.15, 0.2) is 0 Å². The zero-order chi connectivity index (χ0) is 7.49. The predicted molar refractivity (Wildman–Crippen MR) is 41.1 cm³/mol. The maximum Gasteiger partial charge on any atom is 1.00 e. The molecular weight excluding hydrogens is 299 g/mol. The zero-order valence-electron chi connectivity index (χ0n) is 5.38. The fourth-order valence-corrected chi connectivity index (χ4v) is 2.33. The van der Waals surface area contributed by atoms with Crippen molar-refractivity contribution in [1.29, 1.82) is 0 Å². The molecule has 0 aromatic heterocycles. The minimum atomic E-state index is -4.06. The van der Waals surface area contributed by atoms with Gasteiger partial charge in [0.05, 0.1) is 15.9 Å². The number of alkyl halides is 2. The SMILES string of the molecule is O=S(=O)([O-])CC(Br)CBr.[Na+]. The summed E-state index contributed by atoms with van der Waals surface area (Å²) in [4.78, 5) is -0.278. The summed E-state index contributed by atoms with van der Waals surface area (Å²) >= 11 is 6.00. The van der Waals surface area contributed by atoms with Crippen LogP contribution in [0, 0.1) is 0 Å². The van der Waals surface area contributed by atoms with Crippen molar-refractivity contribution in [3.63, 3.8) is 0 Å². The number of hydrogen-bond acceptors (Lipinski definition) is 3. The Balaban J connectivity index is 0. The molecule has 0 amide bonds. The molecule has 0 heterocycles. The molecule has 0 aliphatic heterocycles. The van der Waals surface area contributed by atoms with Gasteiger partial charge in [0.1, 0.15) is 0 Å². The predicted octanol–water partition coefficient (Wildman–Crippen LogP) is -2.31. The van der Waals surface area contributed by atoms with Crippen molar-refractivity contribution in [3.8, 4) is 0 Å². The Morgan fingerprint density at radius 3 is 2.00 bits per heavy atom. The van der Waals surface area contributed by atoms with Gasteiger partial charge in [0.25, 0.3) is 0 Å². The second-order valence-electron chi connectivity index (χ2n) is 1.48. The Morgan fingerprint density at radius 1 is 1.50 bits per heavy atom. The molecule has 0 saturated carbocycles. The molecule has 0 aromatic carbocycles. The third kappa shape index (κ3) is 9.87. The molecule has 7 heteroatoms. The van der Waals surface area contributed by atoms with Crippen LogP contribution in [0.4, 0.5) is 0 Å². The van der Waals surface area contributed by atoms with Crippen LogP contribution in [0.15, 0.2) is 0 Å². The molecule has 10 heavy (non-hydrogen) atoms. The quantitative estimate of drug-likeness (QED) is 0.335. The maximum atomic E-state index is 9.99. The van der Waals surface area contributed by atoms with Crippen LogP contribution < -0.4 is 29.6 Å². The molecule has 0 saturated heterocycles. The largest absolute Gasteiger partial charge is 1.00 e. The molecule has 0 aromatic rings. The van der Waals surface area contributed by atoms with E-state index in [0.717, 1.165) is 0 Å².